The smallest absolute Gasteiger partial charge is 0.355 e. The van der Waals surface area contributed by atoms with Crippen LogP contribution in [-0.2, 0) is 19.1 Å². The van der Waals surface area contributed by atoms with Crippen molar-refractivity contribution in [3.05, 3.63) is 107 Å². The molecular weight excluding hydrogens is 456 g/mol. The third-order valence-electron chi connectivity index (χ3n) is 5.71. The number of rotatable bonds is 6. The fourth-order valence-electron chi connectivity index (χ4n) is 3.99. The Morgan fingerprint density at radius 1 is 0.889 bits per heavy atom. The van der Waals surface area contributed by atoms with Crippen molar-refractivity contribution in [1.29, 1.82) is 0 Å². The van der Waals surface area contributed by atoms with E-state index in [9.17, 15) is 14.4 Å². The van der Waals surface area contributed by atoms with Gasteiger partial charge in [-0.2, -0.15) is 0 Å². The largest absolute Gasteiger partial charge is 0.457 e. The highest BCUT2D eigenvalue weighted by molar-refractivity contribution is 6.00. The van der Waals surface area contributed by atoms with Gasteiger partial charge in [0.05, 0.1) is 6.54 Å². The summed E-state index contributed by atoms with van der Waals surface area (Å²) in [6.45, 7) is 5.12. The second-order valence-electron chi connectivity index (χ2n) is 8.73. The SMILES string of the molecule is CC(=O)NC1CN(C(C(=O)OC(c2ccccc2)c2ccccc2)=C(C)C)C1=O.c1cc2cc(c1)O2. The number of β-lactam (4-membered cyclic amide) rings is 1. The van der Waals surface area contributed by atoms with Crippen LogP contribution >= 0.6 is 0 Å². The number of esters is 1. The lowest BCUT2D eigenvalue weighted by Gasteiger charge is -2.39. The quantitative estimate of drug-likeness (QED) is 0.243. The molecule has 1 atom stereocenters. The van der Waals surface area contributed by atoms with E-state index in [1.165, 1.54) is 11.8 Å². The molecule has 3 aromatic rings. The summed E-state index contributed by atoms with van der Waals surface area (Å²) in [5.74, 6) is 0.800. The van der Waals surface area contributed by atoms with Gasteiger partial charge in [-0.05, 0) is 42.7 Å². The number of amides is 2. The van der Waals surface area contributed by atoms with Gasteiger partial charge in [-0.25, -0.2) is 4.79 Å². The van der Waals surface area contributed by atoms with Crippen molar-refractivity contribution in [3.63, 3.8) is 0 Å². The van der Waals surface area contributed by atoms with E-state index < -0.39 is 18.1 Å². The molecule has 0 aliphatic carbocycles. The minimum Gasteiger partial charge on any atom is -0.457 e. The van der Waals surface area contributed by atoms with E-state index in [0.29, 0.717) is 5.57 Å². The molecule has 7 heteroatoms. The molecule has 0 radical (unpaired) electrons. The maximum absolute atomic E-state index is 13.1. The number of carbonyl (C=O) groups excluding carboxylic acids is 3. The predicted octanol–water partition coefficient (Wildman–Crippen LogP) is 4.75. The van der Waals surface area contributed by atoms with Gasteiger partial charge in [-0.3, -0.25) is 9.59 Å². The van der Waals surface area contributed by atoms with Crippen LogP contribution in [0.3, 0.4) is 0 Å². The molecule has 36 heavy (non-hydrogen) atoms. The fourth-order valence-corrected chi connectivity index (χ4v) is 3.99. The van der Waals surface area contributed by atoms with E-state index in [1.807, 2.05) is 84.9 Å². The summed E-state index contributed by atoms with van der Waals surface area (Å²) < 4.78 is 10.9. The van der Waals surface area contributed by atoms with Crippen LogP contribution in [0.25, 0.3) is 0 Å². The zero-order valence-electron chi connectivity index (χ0n) is 20.4. The number of likely N-dealkylation sites (tertiary alicyclic amines) is 1. The van der Waals surface area contributed by atoms with E-state index >= 15 is 0 Å². The number of hydrogen-bond acceptors (Lipinski definition) is 5. The molecule has 3 aliphatic heterocycles. The number of nitrogens with zero attached hydrogens (tertiary/aromatic N) is 1. The van der Waals surface area contributed by atoms with Gasteiger partial charge in [-0.15, -0.1) is 0 Å². The molecule has 184 valence electrons. The Hall–Kier alpha value is -4.39. The van der Waals surface area contributed by atoms with Crippen LogP contribution in [0.2, 0.25) is 0 Å². The van der Waals surface area contributed by atoms with Crippen molar-refractivity contribution in [2.24, 2.45) is 0 Å². The number of ether oxygens (including phenoxy) is 2. The normalized spacial score (nSPS) is 14.8. The summed E-state index contributed by atoms with van der Waals surface area (Å²) in [4.78, 5) is 38.1. The minimum atomic E-state index is -0.603. The first kappa shape index (κ1) is 24.7. The molecule has 7 nitrogen and oxygen atoms in total. The number of benzene rings is 3. The molecule has 3 aromatic carbocycles. The molecule has 0 aromatic heterocycles. The maximum atomic E-state index is 13.1. The number of fused-ring (bicyclic) bond motifs is 2. The lowest BCUT2D eigenvalue weighted by molar-refractivity contribution is -0.153. The molecule has 1 N–H and O–H groups in total. The first-order valence-electron chi connectivity index (χ1n) is 11.7. The van der Waals surface area contributed by atoms with E-state index in [2.05, 4.69) is 5.32 Å². The van der Waals surface area contributed by atoms with Gasteiger partial charge in [0.2, 0.25) is 5.91 Å². The maximum Gasteiger partial charge on any atom is 0.355 e. The van der Waals surface area contributed by atoms with E-state index in [4.69, 9.17) is 9.47 Å². The average molecular weight is 485 g/mol. The summed E-state index contributed by atoms with van der Waals surface area (Å²) in [5.41, 5.74) is 2.57. The first-order valence-corrected chi connectivity index (χ1v) is 11.7. The molecule has 2 bridgehead atoms. The highest BCUT2D eigenvalue weighted by atomic mass is 16.5. The Balaban J connectivity index is 0.000000367. The predicted molar refractivity (Wildman–Crippen MR) is 135 cm³/mol. The second kappa shape index (κ2) is 10.9. The lowest BCUT2D eigenvalue weighted by Crippen LogP contribution is -2.63. The molecule has 1 saturated heterocycles. The molecule has 1 unspecified atom stereocenters. The van der Waals surface area contributed by atoms with E-state index in [0.717, 1.165) is 22.6 Å². The summed E-state index contributed by atoms with van der Waals surface area (Å²) in [6, 6.07) is 26.2. The van der Waals surface area contributed by atoms with Crippen LogP contribution < -0.4 is 10.1 Å². The zero-order chi connectivity index (χ0) is 25.7. The third kappa shape index (κ3) is 5.63. The van der Waals surface area contributed by atoms with Crippen LogP contribution in [0.1, 0.15) is 38.0 Å². The minimum absolute atomic E-state index is 0.216. The Bertz CT molecular complexity index is 1220. The van der Waals surface area contributed by atoms with Gasteiger partial charge in [0.15, 0.2) is 6.10 Å². The van der Waals surface area contributed by atoms with Gasteiger partial charge in [0, 0.05) is 13.0 Å². The van der Waals surface area contributed by atoms with Crippen LogP contribution in [0.15, 0.2) is 96.2 Å². The van der Waals surface area contributed by atoms with E-state index in [-0.39, 0.29) is 24.1 Å². The molecule has 0 saturated carbocycles. The summed E-state index contributed by atoms with van der Waals surface area (Å²) in [7, 11) is 0. The number of allylic oxidation sites excluding steroid dienone is 1. The molecule has 6 rings (SSSR count). The Morgan fingerprint density at radius 3 is 1.78 bits per heavy atom. The standard InChI is InChI=1S/C23H24N2O4.C6H4O/c1-15(2)20(25-14-19(22(25)27)24-16(3)26)23(28)29-21(17-10-6-4-7-11-17)18-12-8-5-9-13-18;1-2-5-4-6(3-1)7-5/h4-13,19,21H,14H2,1-3H3,(H,24,26);1-4H. The summed E-state index contributed by atoms with van der Waals surface area (Å²) >= 11 is 0. The molecule has 3 heterocycles. The van der Waals surface area contributed by atoms with Crippen LogP contribution in [0.4, 0.5) is 0 Å². The molecule has 3 aliphatic rings. The highest BCUT2D eigenvalue weighted by Crippen LogP contribution is 2.33. The van der Waals surface area contributed by atoms with Crippen molar-refractivity contribution in [1.82, 2.24) is 10.2 Å². The van der Waals surface area contributed by atoms with Gasteiger partial charge in [0.1, 0.15) is 23.2 Å². The number of carbonyl (C=O) groups is 3. The Labute approximate surface area is 210 Å². The molecule has 1 fully saturated rings. The van der Waals surface area contributed by atoms with Crippen molar-refractivity contribution in [3.8, 4) is 11.5 Å². The van der Waals surface area contributed by atoms with Crippen LogP contribution in [0, 0.1) is 0 Å². The van der Waals surface area contributed by atoms with Crippen LogP contribution in [0.5, 0.6) is 11.5 Å². The molecule has 0 spiro atoms. The molecular formula is C29H28N2O5. The Morgan fingerprint density at radius 2 is 1.42 bits per heavy atom. The number of nitrogens with one attached hydrogen (secondary N) is 1. The van der Waals surface area contributed by atoms with Crippen molar-refractivity contribution < 1.29 is 23.9 Å². The second-order valence-corrected chi connectivity index (χ2v) is 8.73. The van der Waals surface area contributed by atoms with Gasteiger partial charge in [-0.1, -0.05) is 66.7 Å². The third-order valence-corrected chi connectivity index (χ3v) is 5.71. The van der Waals surface area contributed by atoms with Crippen LogP contribution in [-0.4, -0.2) is 35.3 Å². The van der Waals surface area contributed by atoms with Gasteiger partial charge >= 0.3 is 5.97 Å². The highest BCUT2D eigenvalue weighted by Gasteiger charge is 2.42. The van der Waals surface area contributed by atoms with Crippen molar-refractivity contribution >= 4 is 17.8 Å². The lowest BCUT2D eigenvalue weighted by atomic mass is 10.0. The number of hydrogen-bond donors (Lipinski definition) is 1. The monoisotopic (exact) mass is 484 g/mol. The van der Waals surface area contributed by atoms with Gasteiger partial charge < -0.3 is 19.7 Å². The van der Waals surface area contributed by atoms with Gasteiger partial charge in [0.25, 0.3) is 5.91 Å². The zero-order valence-corrected chi connectivity index (χ0v) is 20.4. The topological polar surface area (TPSA) is 84.9 Å². The van der Waals surface area contributed by atoms with Crippen molar-refractivity contribution in [2.75, 3.05) is 6.54 Å². The average Bonchev–Trinajstić information content (AvgIpc) is 2.87. The summed E-state index contributed by atoms with van der Waals surface area (Å²) in [5, 5.41) is 2.58. The Kier molecular flexibility index (Phi) is 7.49. The fraction of sp³-hybridized carbons (Fsp3) is 0.207. The molecule has 2 amide bonds. The van der Waals surface area contributed by atoms with Crippen molar-refractivity contribution in [2.45, 2.75) is 32.9 Å². The summed E-state index contributed by atoms with van der Waals surface area (Å²) in [6.07, 6.45) is -0.596. The van der Waals surface area contributed by atoms with E-state index in [1.54, 1.807) is 13.8 Å². The first-order chi connectivity index (χ1) is 17.3.